The molecule has 5 aliphatic rings. The molecule has 1 heteroatoms. The van der Waals surface area contributed by atoms with Crippen LogP contribution in [0.2, 0.25) is 0 Å². The molecule has 4 bridgehead atoms. The van der Waals surface area contributed by atoms with Crippen molar-refractivity contribution < 1.29 is 0 Å². The van der Waals surface area contributed by atoms with Gasteiger partial charge in [0.15, 0.2) is 0 Å². The molecule has 0 spiro atoms. The van der Waals surface area contributed by atoms with Gasteiger partial charge in [-0.2, -0.15) is 0 Å². The van der Waals surface area contributed by atoms with Crippen LogP contribution < -0.4 is 5.32 Å². The van der Waals surface area contributed by atoms with Crippen LogP contribution in [-0.4, -0.2) is 12.1 Å². The van der Waals surface area contributed by atoms with Gasteiger partial charge in [-0.1, -0.05) is 13.8 Å². The predicted molar refractivity (Wildman–Crippen MR) is 89.2 cm³/mol. The second kappa shape index (κ2) is 5.25. The molecule has 3 atom stereocenters. The summed E-state index contributed by atoms with van der Waals surface area (Å²) in [6.07, 6.45) is 13.6. The molecule has 5 rings (SSSR count). The zero-order valence-electron chi connectivity index (χ0n) is 14.4. The van der Waals surface area contributed by atoms with Gasteiger partial charge in [0.2, 0.25) is 0 Å². The lowest BCUT2D eigenvalue weighted by molar-refractivity contribution is -0.0734. The smallest absolute Gasteiger partial charge is 0.00980 e. The fourth-order valence-electron chi connectivity index (χ4n) is 7.32. The van der Waals surface area contributed by atoms with E-state index in [0.717, 1.165) is 41.7 Å². The molecule has 0 radical (unpaired) electrons. The zero-order chi connectivity index (χ0) is 14.6. The number of nitrogens with one attached hydrogen (secondary N) is 1. The van der Waals surface area contributed by atoms with Gasteiger partial charge in [0.25, 0.3) is 0 Å². The van der Waals surface area contributed by atoms with Crippen molar-refractivity contribution in [3.63, 3.8) is 0 Å². The zero-order valence-corrected chi connectivity index (χ0v) is 14.4. The van der Waals surface area contributed by atoms with Gasteiger partial charge in [-0.15, -0.1) is 0 Å². The highest BCUT2D eigenvalue weighted by molar-refractivity contribution is 5.05. The molecule has 5 fully saturated rings. The summed E-state index contributed by atoms with van der Waals surface area (Å²) in [6, 6.07) is 1.56. The monoisotopic (exact) mass is 289 g/mol. The minimum atomic E-state index is 0.679. The molecule has 5 aliphatic carbocycles. The Morgan fingerprint density at radius 1 is 0.762 bits per heavy atom. The minimum Gasteiger partial charge on any atom is -0.311 e. The van der Waals surface area contributed by atoms with Crippen LogP contribution in [0.1, 0.15) is 78.6 Å². The third-order valence-corrected chi connectivity index (χ3v) is 7.67. The summed E-state index contributed by atoms with van der Waals surface area (Å²) in [7, 11) is 0. The fourth-order valence-corrected chi connectivity index (χ4v) is 7.32. The van der Waals surface area contributed by atoms with Crippen LogP contribution in [0.5, 0.6) is 0 Å². The van der Waals surface area contributed by atoms with Gasteiger partial charge in [0.05, 0.1) is 0 Å². The van der Waals surface area contributed by atoms with Gasteiger partial charge in [0.1, 0.15) is 0 Å². The van der Waals surface area contributed by atoms with Crippen molar-refractivity contribution >= 4 is 0 Å². The highest BCUT2D eigenvalue weighted by atomic mass is 15.0. The van der Waals surface area contributed by atoms with Crippen molar-refractivity contribution in [3.8, 4) is 0 Å². The minimum absolute atomic E-state index is 0.679. The first-order chi connectivity index (χ1) is 10.0. The molecule has 0 aromatic carbocycles. The van der Waals surface area contributed by atoms with Crippen LogP contribution in [0, 0.1) is 35.0 Å². The van der Waals surface area contributed by atoms with Crippen molar-refractivity contribution in [1.82, 2.24) is 5.32 Å². The molecule has 0 aliphatic heterocycles. The standard InChI is InChI=1S/C20H35N/c1-13-4-14(2)6-19(5-13)21-15(3)20-10-16-7-17(11-20)9-18(8-16)12-20/h13-19,21H,4-12H2,1-3H3. The van der Waals surface area contributed by atoms with Gasteiger partial charge < -0.3 is 5.32 Å². The van der Waals surface area contributed by atoms with Crippen LogP contribution in [0.4, 0.5) is 0 Å². The summed E-state index contributed by atoms with van der Waals surface area (Å²) in [5.41, 5.74) is 0.679. The maximum atomic E-state index is 4.14. The van der Waals surface area contributed by atoms with Gasteiger partial charge in [0, 0.05) is 12.1 Å². The molecule has 1 nitrogen and oxygen atoms in total. The quantitative estimate of drug-likeness (QED) is 0.770. The number of rotatable bonds is 3. The average Bonchev–Trinajstić information content (AvgIpc) is 2.35. The highest BCUT2D eigenvalue weighted by Gasteiger charge is 2.53. The maximum Gasteiger partial charge on any atom is 0.00980 e. The van der Waals surface area contributed by atoms with Gasteiger partial charge in [-0.3, -0.25) is 0 Å². The van der Waals surface area contributed by atoms with Crippen LogP contribution >= 0.6 is 0 Å². The lowest BCUT2D eigenvalue weighted by Gasteiger charge is -2.59. The molecule has 0 amide bonds. The Labute approximate surface area is 131 Å². The third-order valence-electron chi connectivity index (χ3n) is 7.67. The van der Waals surface area contributed by atoms with Crippen molar-refractivity contribution in [2.45, 2.75) is 90.6 Å². The maximum absolute atomic E-state index is 4.14. The van der Waals surface area contributed by atoms with Crippen LogP contribution in [-0.2, 0) is 0 Å². The van der Waals surface area contributed by atoms with E-state index >= 15 is 0 Å². The molecule has 5 saturated carbocycles. The van der Waals surface area contributed by atoms with Gasteiger partial charge >= 0.3 is 0 Å². The summed E-state index contributed by atoms with van der Waals surface area (Å²) in [6.45, 7) is 7.45. The molecule has 120 valence electrons. The van der Waals surface area contributed by atoms with Gasteiger partial charge in [-0.05, 0) is 99.7 Å². The first-order valence-corrected chi connectivity index (χ1v) is 9.78. The molecule has 21 heavy (non-hydrogen) atoms. The Morgan fingerprint density at radius 3 is 1.71 bits per heavy atom. The van der Waals surface area contributed by atoms with E-state index in [1.165, 1.54) is 19.3 Å². The van der Waals surface area contributed by atoms with Crippen molar-refractivity contribution in [2.24, 2.45) is 35.0 Å². The lowest BCUT2D eigenvalue weighted by Crippen LogP contribution is -2.57. The summed E-state index contributed by atoms with van der Waals surface area (Å²) >= 11 is 0. The molecule has 0 heterocycles. The van der Waals surface area contributed by atoms with E-state index < -0.39 is 0 Å². The second-order valence-electron chi connectivity index (χ2n) is 9.78. The van der Waals surface area contributed by atoms with Crippen molar-refractivity contribution in [3.05, 3.63) is 0 Å². The summed E-state index contributed by atoms with van der Waals surface area (Å²) < 4.78 is 0. The lowest BCUT2D eigenvalue weighted by atomic mass is 9.48. The van der Waals surface area contributed by atoms with E-state index in [9.17, 15) is 0 Å². The highest BCUT2D eigenvalue weighted by Crippen LogP contribution is 2.61. The normalized spacial score (nSPS) is 53.9. The largest absolute Gasteiger partial charge is 0.311 e. The summed E-state index contributed by atoms with van der Waals surface area (Å²) in [4.78, 5) is 0. The van der Waals surface area contributed by atoms with E-state index in [2.05, 4.69) is 26.1 Å². The van der Waals surface area contributed by atoms with E-state index in [0.29, 0.717) is 5.41 Å². The Balaban J connectivity index is 1.44. The van der Waals surface area contributed by atoms with E-state index in [1.807, 2.05) is 0 Å². The molecule has 0 aromatic rings. The van der Waals surface area contributed by atoms with Crippen molar-refractivity contribution in [2.75, 3.05) is 0 Å². The molecular weight excluding hydrogens is 254 g/mol. The van der Waals surface area contributed by atoms with E-state index in [1.54, 1.807) is 38.5 Å². The summed E-state index contributed by atoms with van der Waals surface area (Å²) in [5, 5.41) is 4.14. The fraction of sp³-hybridized carbons (Fsp3) is 1.00. The Bertz CT molecular complexity index is 342. The van der Waals surface area contributed by atoms with Crippen LogP contribution in [0.3, 0.4) is 0 Å². The summed E-state index contributed by atoms with van der Waals surface area (Å²) in [5.74, 6) is 5.11. The Hall–Kier alpha value is -0.0400. The molecule has 0 aromatic heterocycles. The molecule has 3 unspecified atom stereocenters. The second-order valence-corrected chi connectivity index (χ2v) is 9.78. The predicted octanol–water partition coefficient (Wildman–Crippen LogP) is 5.01. The van der Waals surface area contributed by atoms with E-state index in [4.69, 9.17) is 0 Å². The van der Waals surface area contributed by atoms with E-state index in [-0.39, 0.29) is 0 Å². The van der Waals surface area contributed by atoms with Crippen LogP contribution in [0.15, 0.2) is 0 Å². The molecular formula is C20H35N. The topological polar surface area (TPSA) is 12.0 Å². The number of hydrogen-bond acceptors (Lipinski definition) is 1. The molecule has 0 saturated heterocycles. The first kappa shape index (κ1) is 14.5. The number of hydrogen-bond donors (Lipinski definition) is 1. The first-order valence-electron chi connectivity index (χ1n) is 9.78. The SMILES string of the molecule is CC1CC(C)CC(NC(C)C23CC4CC(CC(C4)C2)C3)C1. The third kappa shape index (κ3) is 2.69. The van der Waals surface area contributed by atoms with Crippen LogP contribution in [0.25, 0.3) is 0 Å². The average molecular weight is 290 g/mol. The Morgan fingerprint density at radius 2 is 1.24 bits per heavy atom. The Kier molecular flexibility index (Phi) is 3.64. The van der Waals surface area contributed by atoms with Gasteiger partial charge in [-0.25, -0.2) is 0 Å². The molecule has 1 N–H and O–H groups in total. The van der Waals surface area contributed by atoms with Crippen molar-refractivity contribution in [1.29, 1.82) is 0 Å².